The molecule has 1 aromatic carbocycles. The number of ether oxygens (including phenoxy) is 6. The maximum atomic E-state index is 12.6. The highest BCUT2D eigenvalue weighted by atomic mass is 16.7. The minimum atomic E-state index is -1.55. The average Bonchev–Trinajstić information content (AvgIpc) is 2.91. The summed E-state index contributed by atoms with van der Waals surface area (Å²) < 4.78 is 32.0. The van der Waals surface area contributed by atoms with Gasteiger partial charge in [-0.3, -0.25) is 39.4 Å². The number of anilines is 1. The largest absolute Gasteiger partial charge is 0.467 e. The highest BCUT2D eigenvalue weighted by Crippen LogP contribution is 2.31. The van der Waals surface area contributed by atoms with Crippen LogP contribution in [0.2, 0.25) is 0 Å². The average molecular weight is 615 g/mol. The Morgan fingerprint density at radius 1 is 0.953 bits per heavy atom. The second-order valence-corrected chi connectivity index (χ2v) is 8.99. The van der Waals surface area contributed by atoms with E-state index in [9.17, 15) is 44.2 Å². The summed E-state index contributed by atoms with van der Waals surface area (Å²) in [6.45, 7) is 3.17. The molecule has 1 fully saturated rings. The Kier molecular flexibility index (Phi) is 12.2. The third-order valence-corrected chi connectivity index (χ3v) is 5.70. The minimum absolute atomic E-state index is 0.294. The van der Waals surface area contributed by atoms with Gasteiger partial charge in [-0.25, -0.2) is 4.79 Å². The number of amides is 1. The zero-order valence-corrected chi connectivity index (χ0v) is 23.6. The van der Waals surface area contributed by atoms with Gasteiger partial charge in [0.25, 0.3) is 11.4 Å². The van der Waals surface area contributed by atoms with E-state index in [1.165, 1.54) is 0 Å². The Labute approximate surface area is 243 Å². The quantitative estimate of drug-likeness (QED) is 0.130. The molecule has 0 spiro atoms. The van der Waals surface area contributed by atoms with Gasteiger partial charge in [0.1, 0.15) is 30.5 Å². The lowest BCUT2D eigenvalue weighted by molar-refractivity contribution is -0.393. The molecule has 19 heteroatoms. The summed E-state index contributed by atoms with van der Waals surface area (Å²) in [6.07, 6.45) is -5.69. The van der Waals surface area contributed by atoms with Crippen LogP contribution in [0.3, 0.4) is 0 Å². The fraction of sp³-hybridized carbons (Fsp3) is 0.542. The second-order valence-electron chi connectivity index (χ2n) is 8.99. The van der Waals surface area contributed by atoms with Crippen molar-refractivity contribution in [1.29, 1.82) is 0 Å². The first-order valence-corrected chi connectivity index (χ1v) is 12.4. The summed E-state index contributed by atoms with van der Waals surface area (Å²) in [4.78, 5) is 80.9. The van der Waals surface area contributed by atoms with E-state index in [0.717, 1.165) is 46.9 Å². The second kappa shape index (κ2) is 15.4. The number of hydrogen-bond donors (Lipinski definition) is 2. The van der Waals surface area contributed by atoms with Crippen LogP contribution in [0.4, 0.5) is 17.1 Å². The summed E-state index contributed by atoms with van der Waals surface area (Å²) >= 11 is 0. The van der Waals surface area contributed by atoms with Crippen LogP contribution in [0.15, 0.2) is 18.2 Å². The van der Waals surface area contributed by atoms with Gasteiger partial charge in [-0.15, -0.1) is 0 Å². The summed E-state index contributed by atoms with van der Waals surface area (Å²) in [5.41, 5.74) is -1.60. The monoisotopic (exact) mass is 614 g/mol. The fourth-order valence-corrected chi connectivity index (χ4v) is 4.03. The summed E-state index contributed by atoms with van der Waals surface area (Å²) in [6, 6.07) is -0.171. The number of esters is 4. The molecule has 43 heavy (non-hydrogen) atoms. The molecule has 1 amide bonds. The van der Waals surface area contributed by atoms with E-state index in [-0.39, 0.29) is 5.69 Å². The van der Waals surface area contributed by atoms with Crippen molar-refractivity contribution in [3.8, 4) is 0 Å². The molecule has 1 saturated heterocycles. The van der Waals surface area contributed by atoms with E-state index in [2.05, 4.69) is 10.6 Å². The molecular formula is C24H30N4O15. The summed E-state index contributed by atoms with van der Waals surface area (Å²) in [5.74, 6) is -4.02. The molecule has 1 aliphatic rings. The van der Waals surface area contributed by atoms with E-state index < -0.39 is 101 Å². The number of nitrogens with one attached hydrogen (secondary N) is 2. The van der Waals surface area contributed by atoms with Crippen molar-refractivity contribution in [2.75, 3.05) is 25.6 Å². The molecule has 0 bridgehead atoms. The number of nitro benzene ring substituents is 2. The third kappa shape index (κ3) is 9.85. The Balaban J connectivity index is 2.46. The predicted molar refractivity (Wildman–Crippen MR) is 139 cm³/mol. The molecule has 1 heterocycles. The first-order chi connectivity index (χ1) is 20.1. The van der Waals surface area contributed by atoms with Crippen LogP contribution in [0.1, 0.15) is 27.7 Å². The minimum Gasteiger partial charge on any atom is -0.467 e. The van der Waals surface area contributed by atoms with Gasteiger partial charge in [0, 0.05) is 33.8 Å². The molecular weight excluding hydrogens is 584 g/mol. The lowest BCUT2D eigenvalue weighted by Crippen LogP contribution is -2.66. The van der Waals surface area contributed by atoms with Gasteiger partial charge in [-0.05, 0) is 6.07 Å². The van der Waals surface area contributed by atoms with Crippen molar-refractivity contribution in [3.63, 3.8) is 0 Å². The number of benzene rings is 1. The number of nitro groups is 2. The molecule has 6 atom stereocenters. The smallest absolute Gasteiger partial charge is 0.330 e. The van der Waals surface area contributed by atoms with Gasteiger partial charge in [0.05, 0.1) is 29.6 Å². The molecule has 2 rings (SSSR count). The molecule has 0 aromatic heterocycles. The van der Waals surface area contributed by atoms with Gasteiger partial charge < -0.3 is 39.1 Å². The van der Waals surface area contributed by atoms with Gasteiger partial charge in [0.2, 0.25) is 5.91 Å². The highest BCUT2D eigenvalue weighted by Gasteiger charge is 2.51. The van der Waals surface area contributed by atoms with Gasteiger partial charge in [-0.1, -0.05) is 0 Å². The van der Waals surface area contributed by atoms with Crippen LogP contribution in [-0.4, -0.2) is 96.6 Å². The van der Waals surface area contributed by atoms with Crippen LogP contribution in [0.5, 0.6) is 0 Å². The lowest BCUT2D eigenvalue weighted by Gasteiger charge is -2.45. The van der Waals surface area contributed by atoms with Crippen molar-refractivity contribution < 1.29 is 62.2 Å². The van der Waals surface area contributed by atoms with E-state index in [0.29, 0.717) is 6.07 Å². The Bertz CT molecular complexity index is 1260. The molecule has 1 aliphatic heterocycles. The first kappa shape index (κ1) is 34.3. The van der Waals surface area contributed by atoms with Gasteiger partial charge in [-0.2, -0.15) is 0 Å². The topological polar surface area (TPSA) is 251 Å². The molecule has 236 valence electrons. The standard InChI is InChI=1S/C24H30N4O15/c1-11(29)25-20-22(42-14(4)32)21(41-13(3)31)19(10-39-12(2)30)43-24(20)40-9-17(23(33)38-5)26-16-7-6-15(27(34)35)8-18(16)28(36)37/h6-8,17,19-22,24,26H,9-10H2,1-5H3,(H,25,29). The van der Waals surface area contributed by atoms with Crippen LogP contribution >= 0.6 is 0 Å². The van der Waals surface area contributed by atoms with Crippen LogP contribution in [0, 0.1) is 20.2 Å². The molecule has 0 aliphatic carbocycles. The zero-order chi connectivity index (χ0) is 32.4. The van der Waals surface area contributed by atoms with Gasteiger partial charge in [0.15, 0.2) is 18.5 Å². The van der Waals surface area contributed by atoms with Gasteiger partial charge >= 0.3 is 23.9 Å². The number of nitrogens with zero attached hydrogens (tertiary/aromatic N) is 2. The summed E-state index contributed by atoms with van der Waals surface area (Å²) in [7, 11) is 1.02. The number of hydrogen-bond acceptors (Lipinski definition) is 16. The third-order valence-electron chi connectivity index (χ3n) is 5.70. The van der Waals surface area contributed by atoms with Crippen LogP contribution < -0.4 is 10.6 Å². The van der Waals surface area contributed by atoms with E-state index in [4.69, 9.17) is 28.4 Å². The highest BCUT2D eigenvalue weighted by molar-refractivity contribution is 5.81. The number of carbonyl (C=O) groups is 5. The van der Waals surface area contributed by atoms with Crippen molar-refractivity contribution in [1.82, 2.24) is 5.32 Å². The van der Waals surface area contributed by atoms with Crippen molar-refractivity contribution in [3.05, 3.63) is 38.4 Å². The Morgan fingerprint density at radius 3 is 2.09 bits per heavy atom. The molecule has 0 saturated carbocycles. The van der Waals surface area contributed by atoms with E-state index in [1.807, 2.05) is 0 Å². The maximum Gasteiger partial charge on any atom is 0.330 e. The summed E-state index contributed by atoms with van der Waals surface area (Å²) in [5, 5.41) is 27.7. The predicted octanol–water partition coefficient (Wildman–Crippen LogP) is 0.129. The van der Waals surface area contributed by atoms with Crippen LogP contribution in [-0.2, 0) is 52.4 Å². The molecule has 2 N–H and O–H groups in total. The van der Waals surface area contributed by atoms with E-state index in [1.54, 1.807) is 0 Å². The number of non-ortho nitro benzene ring substituents is 1. The number of carbonyl (C=O) groups excluding carboxylic acids is 5. The van der Waals surface area contributed by atoms with Crippen molar-refractivity contribution >= 4 is 46.8 Å². The maximum absolute atomic E-state index is 12.6. The SMILES string of the molecule is COC(=O)C(COC1OC(COC(C)=O)C(OC(C)=O)C(OC(C)=O)C1NC(C)=O)Nc1ccc([N+](=O)[O-])cc1[N+](=O)[O-]. The van der Waals surface area contributed by atoms with Crippen molar-refractivity contribution in [2.45, 2.75) is 64.4 Å². The Hall–Kier alpha value is -4.91. The lowest BCUT2D eigenvalue weighted by atomic mass is 9.96. The number of rotatable bonds is 13. The Morgan fingerprint density at radius 2 is 1.58 bits per heavy atom. The van der Waals surface area contributed by atoms with E-state index >= 15 is 0 Å². The van der Waals surface area contributed by atoms with Crippen molar-refractivity contribution in [2.24, 2.45) is 0 Å². The molecule has 19 nitrogen and oxygen atoms in total. The molecule has 1 aromatic rings. The van der Waals surface area contributed by atoms with Crippen LogP contribution in [0.25, 0.3) is 0 Å². The molecule has 0 radical (unpaired) electrons. The molecule has 6 unspecified atom stereocenters. The normalized spacial score (nSPS) is 21.8. The fourth-order valence-electron chi connectivity index (χ4n) is 4.03. The number of methoxy groups -OCH3 is 1. The first-order valence-electron chi connectivity index (χ1n) is 12.4. The zero-order valence-electron chi connectivity index (χ0n) is 23.6.